The number of phenolic OH excluding ortho intramolecular Hbond substituents is 2. The molecular weight excluding hydrogens is 476 g/mol. The first kappa shape index (κ1) is 25.1. The van der Waals surface area contributed by atoms with Crippen LogP contribution in [-0.2, 0) is 0 Å². The third-order valence-corrected chi connectivity index (χ3v) is 8.01. The van der Waals surface area contributed by atoms with Gasteiger partial charge in [0.1, 0.15) is 34.3 Å². The zero-order chi connectivity index (χ0) is 25.6. The quantitative estimate of drug-likeness (QED) is 0.291. The number of benzene rings is 1. The van der Waals surface area contributed by atoms with Crippen LogP contribution in [0.4, 0.5) is 5.00 Å². The minimum absolute atomic E-state index is 0.0399. The fraction of sp³-hybridized carbons (Fsp3) is 0.458. The van der Waals surface area contributed by atoms with E-state index < -0.39 is 34.2 Å². The highest BCUT2D eigenvalue weighted by molar-refractivity contribution is 7.15. The number of nitrogens with zero attached hydrogens (tertiary/aromatic N) is 2. The number of aryl methyl sites for hydroxylation is 1. The lowest BCUT2D eigenvalue weighted by Crippen LogP contribution is -2.51. The molecule has 0 saturated carbocycles. The Hall–Kier alpha value is -2.99. The summed E-state index contributed by atoms with van der Waals surface area (Å²) >= 11 is 0.735. The van der Waals surface area contributed by atoms with E-state index in [0.29, 0.717) is 19.4 Å². The van der Waals surface area contributed by atoms with Crippen molar-refractivity contribution < 1.29 is 29.8 Å². The largest absolute Gasteiger partial charge is 0.507 e. The van der Waals surface area contributed by atoms with Gasteiger partial charge in [-0.2, -0.15) is 0 Å². The number of hydrogen-bond acceptors (Lipinski definition) is 10. The molecule has 3 aromatic rings. The number of likely N-dealkylation sites (N-methyl/N-ethyl adjacent to an activating group) is 1. The van der Waals surface area contributed by atoms with Crippen LogP contribution < -0.4 is 5.43 Å². The molecule has 4 unspecified atom stereocenters. The monoisotopic (exact) mass is 504 g/mol. The molecule has 35 heavy (non-hydrogen) atoms. The van der Waals surface area contributed by atoms with Crippen molar-refractivity contribution in [2.75, 3.05) is 13.1 Å². The molecule has 4 atom stereocenters. The van der Waals surface area contributed by atoms with Crippen molar-refractivity contribution in [2.24, 2.45) is 0 Å². The van der Waals surface area contributed by atoms with E-state index in [1.54, 1.807) is 0 Å². The summed E-state index contributed by atoms with van der Waals surface area (Å²) in [6.07, 6.45) is -1.15. The number of likely N-dealkylation sites (tertiary alicyclic amines) is 1. The first-order chi connectivity index (χ1) is 16.6. The highest BCUT2D eigenvalue weighted by Crippen LogP contribution is 2.44. The number of rotatable bonds is 6. The van der Waals surface area contributed by atoms with Crippen molar-refractivity contribution in [1.82, 2.24) is 4.90 Å². The second-order valence-corrected chi connectivity index (χ2v) is 9.85. The van der Waals surface area contributed by atoms with Crippen LogP contribution in [0, 0.1) is 17.0 Å². The topological polar surface area (TPSA) is 158 Å². The van der Waals surface area contributed by atoms with E-state index in [9.17, 15) is 35.3 Å². The Bertz CT molecular complexity index is 1330. The Morgan fingerprint density at radius 3 is 2.60 bits per heavy atom. The Labute approximate surface area is 204 Å². The summed E-state index contributed by atoms with van der Waals surface area (Å²) in [5.74, 6) is -1.30. The number of hydrogen-bond donors (Lipinski definition) is 4. The summed E-state index contributed by atoms with van der Waals surface area (Å²) in [5.41, 5.74) is -0.665. The molecule has 0 aliphatic carbocycles. The van der Waals surface area contributed by atoms with Gasteiger partial charge in [-0.05, 0) is 38.9 Å². The van der Waals surface area contributed by atoms with E-state index in [2.05, 4.69) is 4.90 Å². The van der Waals surface area contributed by atoms with Crippen molar-refractivity contribution >= 4 is 27.3 Å². The van der Waals surface area contributed by atoms with Gasteiger partial charge in [-0.3, -0.25) is 19.8 Å². The predicted octanol–water partition coefficient (Wildman–Crippen LogP) is 3.51. The smallest absolute Gasteiger partial charge is 0.324 e. The Kier molecular flexibility index (Phi) is 6.87. The van der Waals surface area contributed by atoms with Gasteiger partial charge in [0.2, 0.25) is 5.43 Å². The fourth-order valence-corrected chi connectivity index (χ4v) is 6.03. The SMILES string of the molecule is CCC1C(O)C(c2c(O)cc(O)c3c(=O)c(C(O)c4ccc([N+](=O)[O-])s4)c(C)oc23)CCN1CC. The molecule has 3 heterocycles. The van der Waals surface area contributed by atoms with Crippen LogP contribution in [0.2, 0.25) is 0 Å². The number of thiophene rings is 1. The number of aromatic hydroxyl groups is 2. The highest BCUT2D eigenvalue weighted by atomic mass is 32.1. The first-order valence-corrected chi connectivity index (χ1v) is 12.3. The van der Waals surface area contributed by atoms with Crippen molar-refractivity contribution in [3.63, 3.8) is 0 Å². The molecule has 11 heteroatoms. The second kappa shape index (κ2) is 9.57. The Morgan fingerprint density at radius 2 is 2.00 bits per heavy atom. The third-order valence-electron chi connectivity index (χ3n) is 6.92. The second-order valence-electron chi connectivity index (χ2n) is 8.76. The number of nitro groups is 1. The van der Waals surface area contributed by atoms with Gasteiger partial charge in [0.05, 0.1) is 16.6 Å². The Morgan fingerprint density at radius 1 is 1.29 bits per heavy atom. The fourth-order valence-electron chi connectivity index (χ4n) is 5.21. The van der Waals surface area contributed by atoms with Gasteiger partial charge < -0.3 is 24.8 Å². The van der Waals surface area contributed by atoms with Gasteiger partial charge in [0.15, 0.2) is 0 Å². The summed E-state index contributed by atoms with van der Waals surface area (Å²) < 4.78 is 5.95. The average molecular weight is 505 g/mol. The molecule has 1 aromatic carbocycles. The van der Waals surface area contributed by atoms with Crippen molar-refractivity contribution in [1.29, 1.82) is 0 Å². The van der Waals surface area contributed by atoms with E-state index in [0.717, 1.165) is 23.9 Å². The van der Waals surface area contributed by atoms with Crippen LogP contribution in [0.3, 0.4) is 0 Å². The first-order valence-electron chi connectivity index (χ1n) is 11.5. The lowest BCUT2D eigenvalue weighted by molar-refractivity contribution is -0.380. The molecule has 1 aliphatic rings. The molecule has 0 amide bonds. The maximum Gasteiger partial charge on any atom is 0.324 e. The summed E-state index contributed by atoms with van der Waals surface area (Å²) in [7, 11) is 0. The zero-order valence-corrected chi connectivity index (χ0v) is 20.4. The van der Waals surface area contributed by atoms with Gasteiger partial charge in [-0.15, -0.1) is 0 Å². The number of phenols is 2. The van der Waals surface area contributed by atoms with Gasteiger partial charge >= 0.3 is 5.00 Å². The number of aliphatic hydroxyl groups excluding tert-OH is 2. The van der Waals surface area contributed by atoms with E-state index in [-0.39, 0.29) is 49.5 Å². The van der Waals surface area contributed by atoms with Crippen LogP contribution in [0.25, 0.3) is 11.0 Å². The predicted molar refractivity (Wildman–Crippen MR) is 130 cm³/mol. The van der Waals surface area contributed by atoms with Crippen LogP contribution in [-0.4, -0.2) is 55.5 Å². The summed E-state index contributed by atoms with van der Waals surface area (Å²) in [6, 6.07) is 3.51. The maximum atomic E-state index is 13.5. The number of fused-ring (bicyclic) bond motifs is 1. The normalized spacial score (nSPS) is 21.9. The third kappa shape index (κ3) is 4.18. The van der Waals surface area contributed by atoms with Crippen molar-refractivity contribution in [3.05, 3.63) is 60.3 Å². The van der Waals surface area contributed by atoms with Crippen LogP contribution in [0.15, 0.2) is 27.4 Å². The van der Waals surface area contributed by atoms with Crippen LogP contribution >= 0.6 is 11.3 Å². The molecule has 0 spiro atoms. The van der Waals surface area contributed by atoms with Gasteiger partial charge in [-0.1, -0.05) is 25.2 Å². The van der Waals surface area contributed by atoms with Crippen molar-refractivity contribution in [2.45, 2.75) is 57.8 Å². The molecule has 0 radical (unpaired) electrons. The van der Waals surface area contributed by atoms with E-state index in [4.69, 9.17) is 4.42 Å². The van der Waals surface area contributed by atoms with Gasteiger partial charge in [0.25, 0.3) is 0 Å². The van der Waals surface area contributed by atoms with Gasteiger partial charge in [0, 0.05) is 34.5 Å². The summed E-state index contributed by atoms with van der Waals surface area (Å²) in [6.45, 7) is 6.90. The van der Waals surface area contributed by atoms with Gasteiger partial charge in [-0.25, -0.2) is 0 Å². The van der Waals surface area contributed by atoms with Crippen LogP contribution in [0.5, 0.6) is 11.5 Å². The molecule has 4 N–H and O–H groups in total. The molecule has 1 saturated heterocycles. The zero-order valence-electron chi connectivity index (χ0n) is 19.6. The highest BCUT2D eigenvalue weighted by Gasteiger charge is 2.39. The van der Waals surface area contributed by atoms with E-state index in [1.165, 1.54) is 19.1 Å². The molecule has 4 rings (SSSR count). The molecule has 1 aliphatic heterocycles. The van der Waals surface area contributed by atoms with E-state index >= 15 is 0 Å². The molecule has 188 valence electrons. The van der Waals surface area contributed by atoms with Crippen molar-refractivity contribution in [3.8, 4) is 11.5 Å². The molecule has 2 aromatic heterocycles. The minimum atomic E-state index is -1.51. The molecule has 10 nitrogen and oxygen atoms in total. The maximum absolute atomic E-state index is 13.5. The Balaban J connectivity index is 1.88. The van der Waals surface area contributed by atoms with E-state index in [1.807, 2.05) is 13.8 Å². The lowest BCUT2D eigenvalue weighted by Gasteiger charge is -2.43. The minimum Gasteiger partial charge on any atom is -0.507 e. The number of piperidine rings is 1. The molecule has 0 bridgehead atoms. The molecular formula is C24H28N2O8S. The summed E-state index contributed by atoms with van der Waals surface area (Å²) in [4.78, 5) is 26.3. The standard InChI is InChI=1S/C24H28N2O8S/c1-4-13-21(29)12(8-9-25(13)5-2)19-14(27)10-15(28)20-23(31)18(11(3)34-24(19)20)22(30)16-6-7-17(35-16)26(32)33/h6-7,10,12-13,21-22,27-30H,4-5,8-9H2,1-3H3. The molecule has 1 fully saturated rings. The lowest BCUT2D eigenvalue weighted by atomic mass is 9.80. The van der Waals surface area contributed by atoms with Crippen LogP contribution in [0.1, 0.15) is 60.5 Å². The number of aliphatic hydroxyl groups is 2. The average Bonchev–Trinajstić information content (AvgIpc) is 3.30. The summed E-state index contributed by atoms with van der Waals surface area (Å²) in [5, 5.41) is 54.1.